The molecule has 1 aromatic carbocycles. The predicted molar refractivity (Wildman–Crippen MR) is 101 cm³/mol. The molecular formula is C20H29NO6. The van der Waals surface area contributed by atoms with E-state index in [9.17, 15) is 19.7 Å². The molecule has 0 aliphatic carbocycles. The number of rotatable bonds is 12. The second-order valence-corrected chi connectivity index (χ2v) is 6.45. The number of hydrogen-bond donors (Lipinski definition) is 0. The van der Waals surface area contributed by atoms with Crippen LogP contribution in [0.5, 0.6) is 5.75 Å². The quantitative estimate of drug-likeness (QED) is 0.129. The number of nitro benzene ring substituents is 1. The fourth-order valence-electron chi connectivity index (χ4n) is 2.81. The molecule has 7 nitrogen and oxygen atoms in total. The van der Waals surface area contributed by atoms with Crippen LogP contribution < -0.4 is 4.74 Å². The molecule has 0 N–H and O–H groups in total. The lowest BCUT2D eigenvalue weighted by molar-refractivity contribution is -0.385. The van der Waals surface area contributed by atoms with E-state index in [4.69, 9.17) is 9.47 Å². The Morgan fingerprint density at radius 1 is 1.00 bits per heavy atom. The van der Waals surface area contributed by atoms with Gasteiger partial charge in [0.2, 0.25) is 5.75 Å². The summed E-state index contributed by atoms with van der Waals surface area (Å²) >= 11 is 0. The maximum absolute atomic E-state index is 12.7. The highest BCUT2D eigenvalue weighted by Crippen LogP contribution is 2.33. The molecule has 0 aliphatic heterocycles. The first kappa shape index (κ1) is 22.6. The van der Waals surface area contributed by atoms with Gasteiger partial charge in [0.1, 0.15) is 0 Å². The van der Waals surface area contributed by atoms with Gasteiger partial charge in [-0.2, -0.15) is 0 Å². The van der Waals surface area contributed by atoms with Gasteiger partial charge in [-0.25, -0.2) is 0 Å². The number of para-hydroxylation sites is 2. The Balaban J connectivity index is 2.81. The molecule has 0 heterocycles. The minimum absolute atomic E-state index is 0.175. The first-order valence-electron chi connectivity index (χ1n) is 9.55. The Hall–Kier alpha value is -2.44. The minimum Gasteiger partial charge on any atom is -0.465 e. The van der Waals surface area contributed by atoms with Crippen molar-refractivity contribution >= 4 is 17.6 Å². The molecule has 27 heavy (non-hydrogen) atoms. The Labute approximate surface area is 160 Å². The van der Waals surface area contributed by atoms with Crippen molar-refractivity contribution in [2.24, 2.45) is 5.41 Å². The third-order valence-corrected chi connectivity index (χ3v) is 4.73. The summed E-state index contributed by atoms with van der Waals surface area (Å²) in [5.41, 5.74) is -1.79. The lowest BCUT2D eigenvalue weighted by atomic mass is 9.82. The third kappa shape index (κ3) is 6.05. The van der Waals surface area contributed by atoms with Gasteiger partial charge in [0.25, 0.3) is 0 Å². The summed E-state index contributed by atoms with van der Waals surface area (Å²) in [6.45, 7) is 5.78. The maximum Gasteiger partial charge on any atom is 0.329 e. The summed E-state index contributed by atoms with van der Waals surface area (Å²) in [7, 11) is 0. The summed E-state index contributed by atoms with van der Waals surface area (Å²) in [4.78, 5) is 35.8. The van der Waals surface area contributed by atoms with E-state index in [1.807, 2.05) is 0 Å². The lowest BCUT2D eigenvalue weighted by Crippen LogP contribution is -2.42. The van der Waals surface area contributed by atoms with Crippen LogP contribution in [0.25, 0.3) is 0 Å². The van der Waals surface area contributed by atoms with Gasteiger partial charge in [-0.15, -0.1) is 0 Å². The molecule has 7 heteroatoms. The highest BCUT2D eigenvalue weighted by atomic mass is 16.6. The van der Waals surface area contributed by atoms with E-state index in [-0.39, 0.29) is 30.9 Å². The number of carbonyl (C=O) groups is 2. The van der Waals surface area contributed by atoms with Crippen molar-refractivity contribution in [1.82, 2.24) is 0 Å². The zero-order chi connectivity index (χ0) is 20.3. The first-order chi connectivity index (χ1) is 12.9. The maximum atomic E-state index is 12.7. The molecule has 0 saturated carbocycles. The van der Waals surface area contributed by atoms with Crippen molar-refractivity contribution in [2.45, 2.75) is 65.7 Å². The van der Waals surface area contributed by atoms with Crippen molar-refractivity contribution < 1.29 is 24.0 Å². The molecule has 0 spiro atoms. The van der Waals surface area contributed by atoms with Crippen LogP contribution in [0.3, 0.4) is 0 Å². The first-order valence-corrected chi connectivity index (χ1v) is 9.55. The topological polar surface area (TPSA) is 95.7 Å². The second-order valence-electron chi connectivity index (χ2n) is 6.45. The normalized spacial score (nSPS) is 11.1. The van der Waals surface area contributed by atoms with Crippen molar-refractivity contribution in [3.05, 3.63) is 34.4 Å². The highest BCUT2D eigenvalue weighted by Gasteiger charge is 2.46. The van der Waals surface area contributed by atoms with E-state index in [0.717, 1.165) is 32.1 Å². The third-order valence-electron chi connectivity index (χ3n) is 4.73. The van der Waals surface area contributed by atoms with E-state index < -0.39 is 22.3 Å². The second kappa shape index (κ2) is 11.3. The number of nitro groups is 1. The molecule has 0 amide bonds. The number of carbonyl (C=O) groups excluding carboxylic acids is 2. The Morgan fingerprint density at radius 2 is 1.63 bits per heavy atom. The number of unbranched alkanes of at least 4 members (excludes halogenated alkanes) is 4. The van der Waals surface area contributed by atoms with E-state index in [0.29, 0.717) is 0 Å². The minimum atomic E-state index is -1.47. The van der Waals surface area contributed by atoms with Gasteiger partial charge in [-0.1, -0.05) is 58.6 Å². The molecular weight excluding hydrogens is 350 g/mol. The van der Waals surface area contributed by atoms with Crippen molar-refractivity contribution in [3.63, 3.8) is 0 Å². The number of benzene rings is 1. The molecule has 150 valence electrons. The average Bonchev–Trinajstić information content (AvgIpc) is 2.66. The van der Waals surface area contributed by atoms with E-state index >= 15 is 0 Å². The number of hydrogen-bond acceptors (Lipinski definition) is 6. The number of nitrogens with zero attached hydrogens (tertiary/aromatic N) is 1. The van der Waals surface area contributed by atoms with E-state index in [2.05, 4.69) is 6.92 Å². The predicted octanol–water partition coefficient (Wildman–Crippen LogP) is 4.82. The smallest absolute Gasteiger partial charge is 0.329 e. The zero-order valence-electron chi connectivity index (χ0n) is 16.4. The van der Waals surface area contributed by atoms with Crippen LogP contribution in [0.2, 0.25) is 0 Å². The van der Waals surface area contributed by atoms with Crippen LogP contribution >= 0.6 is 0 Å². The average molecular weight is 379 g/mol. The molecule has 0 fully saturated rings. The largest absolute Gasteiger partial charge is 0.465 e. The Bertz CT molecular complexity index is 639. The Kier molecular flexibility index (Phi) is 9.47. The molecule has 0 aliphatic rings. The Morgan fingerprint density at radius 3 is 2.22 bits per heavy atom. The fourth-order valence-corrected chi connectivity index (χ4v) is 2.81. The molecule has 0 unspecified atom stereocenters. The van der Waals surface area contributed by atoms with Crippen molar-refractivity contribution in [3.8, 4) is 5.75 Å². The van der Waals surface area contributed by atoms with Gasteiger partial charge in [0.15, 0.2) is 5.41 Å². The molecule has 1 rings (SSSR count). The summed E-state index contributed by atoms with van der Waals surface area (Å²) in [6.07, 6.45) is 5.45. The highest BCUT2D eigenvalue weighted by molar-refractivity contribution is 6.01. The SMILES string of the molecule is CCCCCCCOC(=O)C(CC)(CC)C(=O)Oc1ccccc1[N+](=O)[O-]. The molecule has 1 aromatic rings. The van der Waals surface area contributed by atoms with Crippen LogP contribution in [-0.2, 0) is 14.3 Å². The van der Waals surface area contributed by atoms with E-state index in [1.54, 1.807) is 13.8 Å². The van der Waals surface area contributed by atoms with Crippen molar-refractivity contribution in [1.29, 1.82) is 0 Å². The number of ether oxygens (including phenoxy) is 2. The van der Waals surface area contributed by atoms with Crippen LogP contribution in [-0.4, -0.2) is 23.5 Å². The molecule has 0 saturated heterocycles. The molecule has 0 atom stereocenters. The lowest BCUT2D eigenvalue weighted by Gasteiger charge is -2.26. The van der Waals surface area contributed by atoms with Crippen LogP contribution in [0.4, 0.5) is 5.69 Å². The van der Waals surface area contributed by atoms with Gasteiger partial charge >= 0.3 is 17.6 Å². The van der Waals surface area contributed by atoms with E-state index in [1.165, 1.54) is 24.3 Å². The van der Waals surface area contributed by atoms with Gasteiger partial charge in [0, 0.05) is 6.07 Å². The summed E-state index contributed by atoms with van der Waals surface area (Å²) in [5, 5.41) is 11.1. The number of esters is 2. The standard InChI is InChI=1S/C20H29NO6/c1-4-7-8-9-12-15-26-18(22)20(5-2,6-3)19(23)27-17-14-11-10-13-16(17)21(24)25/h10-11,13-14H,4-9,12,15H2,1-3H3. The van der Waals surface area contributed by atoms with Gasteiger partial charge in [-0.05, 0) is 25.3 Å². The monoisotopic (exact) mass is 379 g/mol. The fraction of sp³-hybridized carbons (Fsp3) is 0.600. The summed E-state index contributed by atoms with van der Waals surface area (Å²) < 4.78 is 10.6. The van der Waals surface area contributed by atoms with Crippen LogP contribution in [0.15, 0.2) is 24.3 Å². The molecule has 0 aromatic heterocycles. The van der Waals surface area contributed by atoms with Crippen LogP contribution in [0.1, 0.15) is 65.7 Å². The zero-order valence-corrected chi connectivity index (χ0v) is 16.4. The summed E-state index contributed by atoms with van der Waals surface area (Å²) in [6, 6.07) is 5.60. The van der Waals surface area contributed by atoms with Crippen LogP contribution in [0, 0.1) is 15.5 Å². The summed E-state index contributed by atoms with van der Waals surface area (Å²) in [5.74, 6) is -1.63. The van der Waals surface area contributed by atoms with Gasteiger partial charge in [-0.3, -0.25) is 19.7 Å². The van der Waals surface area contributed by atoms with Crippen molar-refractivity contribution in [2.75, 3.05) is 6.61 Å². The molecule has 0 bridgehead atoms. The van der Waals surface area contributed by atoms with Gasteiger partial charge in [0.05, 0.1) is 11.5 Å². The van der Waals surface area contributed by atoms with Gasteiger partial charge < -0.3 is 9.47 Å². The molecule has 0 radical (unpaired) electrons.